The second kappa shape index (κ2) is 7.55. The molecule has 0 fully saturated rings. The van der Waals surface area contributed by atoms with Crippen LogP contribution in [0.3, 0.4) is 0 Å². The standard InChI is InChI=1S/C15H17NO2S2/c17-14-11-13(20-10-6-2-5-9-19)15(18)16(14)12-7-3-1-4-8-12/h1,3-4,7-8,11,19H,2,5-6,9-10H2. The summed E-state index contributed by atoms with van der Waals surface area (Å²) in [4.78, 5) is 26.0. The van der Waals surface area contributed by atoms with E-state index in [4.69, 9.17) is 0 Å². The number of thioether (sulfide) groups is 1. The third-order valence-corrected chi connectivity index (χ3v) is 4.38. The fraction of sp³-hybridized carbons (Fsp3) is 0.333. The molecule has 1 aliphatic rings. The predicted molar refractivity (Wildman–Crippen MR) is 87.2 cm³/mol. The van der Waals surface area contributed by atoms with Crippen LogP contribution >= 0.6 is 24.4 Å². The molecule has 2 rings (SSSR count). The maximum atomic E-state index is 12.2. The number of thiol groups is 1. The molecule has 0 saturated heterocycles. The number of carbonyl (C=O) groups excluding carboxylic acids is 2. The molecule has 0 aromatic heterocycles. The predicted octanol–water partition coefficient (Wildman–Crippen LogP) is 3.28. The molecular weight excluding hydrogens is 290 g/mol. The maximum Gasteiger partial charge on any atom is 0.271 e. The number of hydrogen-bond acceptors (Lipinski definition) is 4. The van der Waals surface area contributed by atoms with Crippen molar-refractivity contribution in [3.05, 3.63) is 41.3 Å². The molecule has 0 aliphatic carbocycles. The number of unbranched alkanes of at least 4 members (excludes halogenated alkanes) is 2. The summed E-state index contributed by atoms with van der Waals surface area (Å²) in [6.07, 6.45) is 4.67. The smallest absolute Gasteiger partial charge is 0.269 e. The summed E-state index contributed by atoms with van der Waals surface area (Å²) in [5.74, 6) is 1.30. The second-order valence-corrected chi connectivity index (χ2v) is 6.04. The Morgan fingerprint density at radius 1 is 1.05 bits per heavy atom. The molecule has 0 saturated carbocycles. The molecule has 0 N–H and O–H groups in total. The van der Waals surface area contributed by atoms with Gasteiger partial charge in [-0.15, -0.1) is 11.8 Å². The molecule has 1 aliphatic heterocycles. The number of rotatable bonds is 7. The molecule has 0 unspecified atom stereocenters. The van der Waals surface area contributed by atoms with Gasteiger partial charge < -0.3 is 0 Å². The maximum absolute atomic E-state index is 12.2. The number of amides is 2. The van der Waals surface area contributed by atoms with E-state index < -0.39 is 0 Å². The third kappa shape index (κ3) is 3.67. The fourth-order valence-electron chi connectivity index (χ4n) is 1.95. The highest BCUT2D eigenvalue weighted by molar-refractivity contribution is 8.04. The van der Waals surface area contributed by atoms with Crippen LogP contribution in [-0.2, 0) is 9.59 Å². The lowest BCUT2D eigenvalue weighted by Gasteiger charge is -2.14. The van der Waals surface area contributed by atoms with Crippen molar-refractivity contribution in [1.29, 1.82) is 0 Å². The second-order valence-electron chi connectivity index (χ2n) is 4.46. The molecule has 20 heavy (non-hydrogen) atoms. The quantitative estimate of drug-likeness (QED) is 0.477. The summed E-state index contributed by atoms with van der Waals surface area (Å²) in [7, 11) is 0. The van der Waals surface area contributed by atoms with Gasteiger partial charge in [-0.2, -0.15) is 12.6 Å². The molecule has 0 bridgehead atoms. The first-order valence-corrected chi connectivity index (χ1v) is 8.24. The Morgan fingerprint density at radius 3 is 2.50 bits per heavy atom. The Labute approximate surface area is 128 Å². The van der Waals surface area contributed by atoms with Crippen LogP contribution in [0.5, 0.6) is 0 Å². The van der Waals surface area contributed by atoms with Gasteiger partial charge in [0, 0.05) is 6.08 Å². The van der Waals surface area contributed by atoms with Crippen molar-refractivity contribution in [3.8, 4) is 0 Å². The van der Waals surface area contributed by atoms with E-state index in [0.717, 1.165) is 30.8 Å². The minimum absolute atomic E-state index is 0.208. The summed E-state index contributed by atoms with van der Waals surface area (Å²) in [6, 6.07) is 9.03. The van der Waals surface area contributed by atoms with Gasteiger partial charge in [-0.3, -0.25) is 9.59 Å². The van der Waals surface area contributed by atoms with Gasteiger partial charge in [-0.1, -0.05) is 24.6 Å². The van der Waals surface area contributed by atoms with Crippen molar-refractivity contribution in [2.75, 3.05) is 16.4 Å². The monoisotopic (exact) mass is 307 g/mol. The van der Waals surface area contributed by atoms with Crippen LogP contribution in [-0.4, -0.2) is 23.3 Å². The average Bonchev–Trinajstić information content (AvgIpc) is 2.74. The fourth-order valence-corrected chi connectivity index (χ4v) is 3.14. The van der Waals surface area contributed by atoms with Crippen molar-refractivity contribution in [2.24, 2.45) is 0 Å². The first-order chi connectivity index (χ1) is 9.74. The van der Waals surface area contributed by atoms with Gasteiger partial charge in [0.15, 0.2) is 0 Å². The van der Waals surface area contributed by atoms with Gasteiger partial charge in [0.2, 0.25) is 0 Å². The Morgan fingerprint density at radius 2 is 1.80 bits per heavy atom. The van der Waals surface area contributed by atoms with E-state index in [1.807, 2.05) is 18.2 Å². The highest BCUT2D eigenvalue weighted by Gasteiger charge is 2.32. The lowest BCUT2D eigenvalue weighted by atomic mass is 10.3. The topological polar surface area (TPSA) is 37.4 Å². The molecular formula is C15H17NO2S2. The van der Waals surface area contributed by atoms with Crippen LogP contribution in [0, 0.1) is 0 Å². The number of nitrogens with zero attached hydrogens (tertiary/aromatic N) is 1. The normalized spacial score (nSPS) is 14.8. The van der Waals surface area contributed by atoms with Crippen molar-refractivity contribution in [1.82, 2.24) is 0 Å². The number of imide groups is 1. The lowest BCUT2D eigenvalue weighted by Crippen LogP contribution is -2.30. The number of para-hydroxylation sites is 1. The van der Waals surface area contributed by atoms with Crippen molar-refractivity contribution in [2.45, 2.75) is 19.3 Å². The summed E-state index contributed by atoms with van der Waals surface area (Å²) in [5, 5.41) is 0. The van der Waals surface area contributed by atoms with Gasteiger partial charge >= 0.3 is 0 Å². The zero-order chi connectivity index (χ0) is 14.4. The minimum atomic E-state index is -0.251. The van der Waals surface area contributed by atoms with Crippen molar-refractivity contribution < 1.29 is 9.59 Å². The van der Waals surface area contributed by atoms with E-state index >= 15 is 0 Å². The molecule has 0 atom stereocenters. The van der Waals surface area contributed by atoms with Gasteiger partial charge in [0.1, 0.15) is 0 Å². The van der Waals surface area contributed by atoms with Crippen LogP contribution in [0.15, 0.2) is 41.3 Å². The zero-order valence-electron chi connectivity index (χ0n) is 11.1. The number of benzene rings is 1. The molecule has 0 spiro atoms. The van der Waals surface area contributed by atoms with E-state index in [9.17, 15) is 9.59 Å². The minimum Gasteiger partial charge on any atom is -0.269 e. The average molecular weight is 307 g/mol. The van der Waals surface area contributed by atoms with Crippen LogP contribution < -0.4 is 4.90 Å². The first kappa shape index (κ1) is 15.2. The molecule has 1 aromatic rings. The van der Waals surface area contributed by atoms with Gasteiger partial charge in [0.25, 0.3) is 11.8 Å². The van der Waals surface area contributed by atoms with Crippen molar-refractivity contribution >= 4 is 41.9 Å². The van der Waals surface area contributed by atoms with E-state index in [1.165, 1.54) is 22.7 Å². The van der Waals surface area contributed by atoms with Crippen LogP contribution in [0.4, 0.5) is 5.69 Å². The molecule has 1 heterocycles. The van der Waals surface area contributed by atoms with Gasteiger partial charge in [-0.25, -0.2) is 4.90 Å². The summed E-state index contributed by atoms with van der Waals surface area (Å²) >= 11 is 5.63. The highest BCUT2D eigenvalue weighted by Crippen LogP contribution is 2.29. The number of carbonyl (C=O) groups is 2. The molecule has 3 nitrogen and oxygen atoms in total. The number of hydrogen-bond donors (Lipinski definition) is 1. The first-order valence-electron chi connectivity index (χ1n) is 6.63. The summed E-state index contributed by atoms with van der Waals surface area (Å²) in [5.41, 5.74) is 0.629. The number of anilines is 1. The Balaban J connectivity index is 1.92. The highest BCUT2D eigenvalue weighted by atomic mass is 32.2. The SMILES string of the molecule is O=C1C=C(SCCCCCS)C(=O)N1c1ccccc1. The third-order valence-electron chi connectivity index (χ3n) is 2.96. The largest absolute Gasteiger partial charge is 0.271 e. The van der Waals surface area contributed by atoms with Gasteiger partial charge in [0.05, 0.1) is 10.6 Å². The van der Waals surface area contributed by atoms with Gasteiger partial charge in [-0.05, 0) is 36.5 Å². The van der Waals surface area contributed by atoms with Crippen LogP contribution in [0.25, 0.3) is 0 Å². The van der Waals surface area contributed by atoms with Crippen LogP contribution in [0.2, 0.25) is 0 Å². The Kier molecular flexibility index (Phi) is 5.73. The summed E-state index contributed by atoms with van der Waals surface area (Å²) < 4.78 is 0. The lowest BCUT2D eigenvalue weighted by molar-refractivity contribution is -0.120. The van der Waals surface area contributed by atoms with E-state index in [0.29, 0.717) is 10.6 Å². The summed E-state index contributed by atoms with van der Waals surface area (Å²) in [6.45, 7) is 0. The molecule has 5 heteroatoms. The Hall–Kier alpha value is -1.20. The molecule has 2 amide bonds. The molecule has 0 radical (unpaired) electrons. The van der Waals surface area contributed by atoms with Crippen LogP contribution in [0.1, 0.15) is 19.3 Å². The zero-order valence-corrected chi connectivity index (χ0v) is 12.8. The molecule has 1 aromatic carbocycles. The molecule has 106 valence electrons. The Bertz CT molecular complexity index is 514. The van der Waals surface area contributed by atoms with E-state index in [1.54, 1.807) is 12.1 Å². The van der Waals surface area contributed by atoms with E-state index in [2.05, 4.69) is 12.6 Å². The van der Waals surface area contributed by atoms with E-state index in [-0.39, 0.29) is 11.8 Å². The van der Waals surface area contributed by atoms with Crippen molar-refractivity contribution in [3.63, 3.8) is 0 Å².